The molecule has 1 saturated heterocycles. The summed E-state index contributed by atoms with van der Waals surface area (Å²) >= 11 is 18.4. The van der Waals surface area contributed by atoms with Crippen LogP contribution in [0.25, 0.3) is 0 Å². The topological polar surface area (TPSA) is 87.0 Å². The van der Waals surface area contributed by atoms with E-state index in [9.17, 15) is 13.2 Å². The van der Waals surface area contributed by atoms with Crippen molar-refractivity contribution in [1.82, 2.24) is 19.1 Å². The maximum Gasteiger partial charge on any atom is 0.275 e. The Morgan fingerprint density at radius 2 is 1.64 bits per heavy atom. The number of likely N-dealkylation sites (tertiary alicyclic amines) is 1. The number of aromatic nitrogens is 1. The Labute approximate surface area is 243 Å². The number of sulfonamides is 1. The van der Waals surface area contributed by atoms with Crippen molar-refractivity contribution in [3.63, 3.8) is 0 Å². The van der Waals surface area contributed by atoms with E-state index in [0.717, 1.165) is 25.2 Å². The molecular weight excluding hydrogens is 583 g/mol. The predicted octanol–water partition coefficient (Wildman–Crippen LogP) is 5.86. The smallest absolute Gasteiger partial charge is 0.275 e. The average molecular weight is 612 g/mol. The van der Waals surface area contributed by atoms with E-state index in [0.29, 0.717) is 19.4 Å². The largest absolute Gasteiger partial charge is 0.447 e. The third-order valence-electron chi connectivity index (χ3n) is 6.94. The van der Waals surface area contributed by atoms with Gasteiger partial charge in [0, 0.05) is 31.2 Å². The van der Waals surface area contributed by atoms with Crippen LogP contribution in [-0.4, -0.2) is 59.6 Å². The number of hydrogen-bond acceptors (Lipinski definition) is 6. The predicted molar refractivity (Wildman–Crippen MR) is 150 cm³/mol. The molecule has 0 N–H and O–H groups in total. The Morgan fingerprint density at radius 1 is 1.03 bits per heavy atom. The minimum atomic E-state index is -4.08. The van der Waals surface area contributed by atoms with Crippen molar-refractivity contribution in [2.75, 3.05) is 20.1 Å². The summed E-state index contributed by atoms with van der Waals surface area (Å²) in [5.41, 5.74) is 2.36. The molecule has 0 spiro atoms. The Hall–Kier alpha value is -2.14. The highest BCUT2D eigenvalue weighted by atomic mass is 35.5. The summed E-state index contributed by atoms with van der Waals surface area (Å²) in [7, 11) is -2.39. The molecule has 0 radical (unpaired) electrons. The molecule has 2 aliphatic rings. The van der Waals surface area contributed by atoms with Gasteiger partial charge in [-0.3, -0.25) is 9.69 Å². The number of halogens is 3. The third kappa shape index (κ3) is 6.61. The molecule has 2 fully saturated rings. The van der Waals surface area contributed by atoms with Crippen LogP contribution < -0.4 is 0 Å². The Morgan fingerprint density at radius 3 is 2.26 bits per heavy atom. The lowest BCUT2D eigenvalue weighted by Crippen LogP contribution is -2.33. The van der Waals surface area contributed by atoms with E-state index in [1.807, 2.05) is 12.1 Å². The molecule has 0 bridgehead atoms. The van der Waals surface area contributed by atoms with Gasteiger partial charge in [-0.15, -0.1) is 0 Å². The first kappa shape index (κ1) is 28.4. The van der Waals surface area contributed by atoms with Crippen LogP contribution in [0.15, 0.2) is 52.0 Å². The summed E-state index contributed by atoms with van der Waals surface area (Å²) in [6.45, 7) is 3.48. The van der Waals surface area contributed by atoms with Gasteiger partial charge >= 0.3 is 0 Å². The standard InChI is InChI=1S/C27H29Cl3N4O4S/c1-32(14-18-4-6-19(7-5-18)15-33-10-2-3-11-33)27(35)24-17-38-25(31-24)16-34(21-8-9-21)39(36,37)26-22(29)12-20(28)13-23(26)30/h4-7,12-13,17,21H,2-3,8-11,14-16H2,1H3. The maximum atomic E-state index is 13.5. The highest BCUT2D eigenvalue weighted by Crippen LogP contribution is 2.39. The number of benzene rings is 2. The molecule has 39 heavy (non-hydrogen) atoms. The van der Waals surface area contributed by atoms with E-state index < -0.39 is 10.0 Å². The van der Waals surface area contributed by atoms with E-state index in [-0.39, 0.29) is 50.0 Å². The first-order chi connectivity index (χ1) is 18.6. The number of hydrogen-bond donors (Lipinski definition) is 0. The first-order valence-electron chi connectivity index (χ1n) is 12.8. The van der Waals surface area contributed by atoms with Crippen molar-refractivity contribution in [3.05, 3.63) is 80.4 Å². The van der Waals surface area contributed by atoms with Crippen LogP contribution in [0.3, 0.4) is 0 Å². The summed E-state index contributed by atoms with van der Waals surface area (Å²) < 4.78 is 33.8. The number of rotatable bonds is 10. The summed E-state index contributed by atoms with van der Waals surface area (Å²) in [4.78, 5) is 21.1. The van der Waals surface area contributed by atoms with Gasteiger partial charge in [0.15, 0.2) is 5.69 Å². The summed E-state index contributed by atoms with van der Waals surface area (Å²) in [5, 5.41) is 0.110. The zero-order valence-corrected chi connectivity index (χ0v) is 24.5. The SMILES string of the molecule is CN(Cc1ccc(CN2CCCC2)cc1)C(=O)c1coc(CN(C2CC2)S(=O)(=O)c2c(Cl)cc(Cl)cc2Cl)n1. The summed E-state index contributed by atoms with van der Waals surface area (Å²) in [6.07, 6.45) is 5.15. The van der Waals surface area contributed by atoms with Crippen LogP contribution in [0.2, 0.25) is 15.1 Å². The summed E-state index contributed by atoms with van der Waals surface area (Å²) in [6, 6.07) is 10.7. The lowest BCUT2D eigenvalue weighted by Gasteiger charge is -2.22. The molecule has 0 unspecified atom stereocenters. The number of nitrogens with zero attached hydrogens (tertiary/aromatic N) is 4. The van der Waals surface area contributed by atoms with Gasteiger partial charge in [0.25, 0.3) is 5.91 Å². The van der Waals surface area contributed by atoms with Gasteiger partial charge < -0.3 is 9.32 Å². The quantitative estimate of drug-likeness (QED) is 0.286. The first-order valence-corrected chi connectivity index (χ1v) is 15.4. The Balaban J connectivity index is 1.25. The van der Waals surface area contributed by atoms with Crippen LogP contribution in [0, 0.1) is 0 Å². The monoisotopic (exact) mass is 610 g/mol. The van der Waals surface area contributed by atoms with Gasteiger partial charge in [-0.1, -0.05) is 59.1 Å². The number of carbonyl (C=O) groups is 1. The molecule has 1 aliphatic carbocycles. The fourth-order valence-electron chi connectivity index (χ4n) is 4.77. The Kier molecular flexibility index (Phi) is 8.56. The number of amides is 1. The molecule has 0 atom stereocenters. The molecule has 3 aromatic rings. The van der Waals surface area contributed by atoms with Crippen molar-refractivity contribution in [2.24, 2.45) is 0 Å². The second-order valence-corrected chi connectivity index (χ2v) is 13.1. The molecule has 1 aliphatic heterocycles. The molecule has 208 valence electrons. The lowest BCUT2D eigenvalue weighted by molar-refractivity contribution is 0.0779. The van der Waals surface area contributed by atoms with Gasteiger partial charge in [0.05, 0.1) is 16.6 Å². The third-order valence-corrected chi connectivity index (χ3v) is 9.98. The number of carbonyl (C=O) groups excluding carboxylic acids is 1. The van der Waals surface area contributed by atoms with Crippen LogP contribution in [-0.2, 0) is 29.7 Å². The van der Waals surface area contributed by atoms with Crippen LogP contribution in [0.1, 0.15) is 53.2 Å². The van der Waals surface area contributed by atoms with Crippen LogP contribution >= 0.6 is 34.8 Å². The second-order valence-electron chi connectivity index (χ2n) is 10.1. The molecule has 5 rings (SSSR count). The van der Waals surface area contributed by atoms with Gasteiger partial charge in [-0.25, -0.2) is 13.4 Å². The van der Waals surface area contributed by atoms with Crippen molar-refractivity contribution in [1.29, 1.82) is 0 Å². The van der Waals surface area contributed by atoms with E-state index in [4.69, 9.17) is 39.2 Å². The summed E-state index contributed by atoms with van der Waals surface area (Å²) in [5.74, 6) is -0.217. The minimum absolute atomic E-state index is 0.0628. The van der Waals surface area contributed by atoms with Crippen molar-refractivity contribution >= 4 is 50.7 Å². The van der Waals surface area contributed by atoms with E-state index >= 15 is 0 Å². The van der Waals surface area contributed by atoms with Crippen molar-refractivity contribution in [2.45, 2.75) is 56.3 Å². The van der Waals surface area contributed by atoms with E-state index in [1.54, 1.807) is 11.9 Å². The Bertz CT molecular complexity index is 1430. The van der Waals surface area contributed by atoms with Crippen LogP contribution in [0.5, 0.6) is 0 Å². The molecule has 2 aromatic carbocycles. The molecule has 1 aromatic heterocycles. The highest BCUT2D eigenvalue weighted by molar-refractivity contribution is 7.89. The fraction of sp³-hybridized carbons (Fsp3) is 0.407. The van der Waals surface area contributed by atoms with Gasteiger partial charge in [0.1, 0.15) is 11.2 Å². The van der Waals surface area contributed by atoms with Crippen molar-refractivity contribution in [3.8, 4) is 0 Å². The molecule has 1 amide bonds. The lowest BCUT2D eigenvalue weighted by atomic mass is 10.1. The highest BCUT2D eigenvalue weighted by Gasteiger charge is 2.41. The van der Waals surface area contributed by atoms with Crippen molar-refractivity contribution < 1.29 is 17.6 Å². The molecule has 8 nitrogen and oxygen atoms in total. The minimum Gasteiger partial charge on any atom is -0.447 e. The molecule has 2 heterocycles. The zero-order chi connectivity index (χ0) is 27.7. The zero-order valence-electron chi connectivity index (χ0n) is 21.4. The second kappa shape index (κ2) is 11.8. The fourth-order valence-corrected chi connectivity index (χ4v) is 7.90. The van der Waals surface area contributed by atoms with Gasteiger partial charge in [-0.05, 0) is 62.0 Å². The number of oxazole rings is 1. The molecule has 12 heteroatoms. The average Bonchev–Trinajstić information content (AvgIpc) is 3.37. The molecular formula is C27H29Cl3N4O4S. The normalized spacial score (nSPS) is 16.2. The van der Waals surface area contributed by atoms with Gasteiger partial charge in [0.2, 0.25) is 15.9 Å². The van der Waals surface area contributed by atoms with Crippen LogP contribution in [0.4, 0.5) is 0 Å². The van der Waals surface area contributed by atoms with Gasteiger partial charge in [-0.2, -0.15) is 4.31 Å². The maximum absolute atomic E-state index is 13.5. The van der Waals surface area contributed by atoms with E-state index in [1.165, 1.54) is 41.1 Å². The molecule has 1 saturated carbocycles. The van der Waals surface area contributed by atoms with E-state index in [2.05, 4.69) is 22.0 Å².